The van der Waals surface area contributed by atoms with Crippen LogP contribution in [0.4, 0.5) is 0 Å². The highest BCUT2D eigenvalue weighted by Gasteiger charge is 2.52. The van der Waals surface area contributed by atoms with Crippen LogP contribution in [0.1, 0.15) is 56.6 Å². The molecule has 2 aromatic carbocycles. The molecule has 0 aromatic heterocycles. The van der Waals surface area contributed by atoms with Crippen molar-refractivity contribution < 1.29 is 4.74 Å². The van der Waals surface area contributed by atoms with E-state index in [9.17, 15) is 0 Å². The van der Waals surface area contributed by atoms with Crippen molar-refractivity contribution in [1.29, 1.82) is 0 Å². The molecule has 4 aliphatic rings. The number of benzene rings is 2. The van der Waals surface area contributed by atoms with Gasteiger partial charge < -0.3 is 10.1 Å². The van der Waals surface area contributed by atoms with Gasteiger partial charge in [0, 0.05) is 28.7 Å². The highest BCUT2D eigenvalue weighted by Crippen LogP contribution is 2.61. The van der Waals surface area contributed by atoms with Crippen LogP contribution in [0.3, 0.4) is 0 Å². The average molecular weight is 410 g/mol. The lowest BCUT2D eigenvalue weighted by Crippen LogP contribution is -2.54. The van der Waals surface area contributed by atoms with Gasteiger partial charge in [0.2, 0.25) is 0 Å². The zero-order valence-electron chi connectivity index (χ0n) is 17.4. The maximum Gasteiger partial charge on any atom is 0.124 e. The summed E-state index contributed by atoms with van der Waals surface area (Å²) in [5.41, 5.74) is 2.79. The first kappa shape index (κ1) is 19.5. The van der Waals surface area contributed by atoms with Crippen molar-refractivity contribution in [1.82, 2.24) is 5.32 Å². The lowest BCUT2D eigenvalue weighted by atomic mass is 9.48. The molecule has 4 saturated carbocycles. The summed E-state index contributed by atoms with van der Waals surface area (Å²) in [5.74, 6) is 3.95. The molecule has 154 valence electrons. The Morgan fingerprint density at radius 1 is 0.931 bits per heavy atom. The predicted octanol–water partition coefficient (Wildman–Crippen LogP) is 6.61. The lowest BCUT2D eigenvalue weighted by Gasteiger charge is -2.59. The van der Waals surface area contributed by atoms with Gasteiger partial charge in [0.25, 0.3) is 0 Å². The largest absolute Gasteiger partial charge is 0.489 e. The Morgan fingerprint density at radius 2 is 1.52 bits per heavy atom. The molecule has 3 heteroatoms. The van der Waals surface area contributed by atoms with Crippen LogP contribution in [0.25, 0.3) is 0 Å². The Labute approximate surface area is 180 Å². The van der Waals surface area contributed by atoms with Crippen molar-refractivity contribution in [2.24, 2.45) is 23.2 Å². The maximum atomic E-state index is 6.29. The van der Waals surface area contributed by atoms with Gasteiger partial charge >= 0.3 is 0 Å². The van der Waals surface area contributed by atoms with Crippen LogP contribution in [0.2, 0.25) is 5.02 Å². The van der Waals surface area contributed by atoms with Crippen molar-refractivity contribution in [2.45, 2.75) is 64.6 Å². The topological polar surface area (TPSA) is 21.3 Å². The first-order valence-electron chi connectivity index (χ1n) is 11.3. The van der Waals surface area contributed by atoms with Crippen molar-refractivity contribution in [3.05, 3.63) is 64.7 Å². The fourth-order valence-corrected chi connectivity index (χ4v) is 6.94. The summed E-state index contributed by atoms with van der Waals surface area (Å²) in [6, 6.07) is 16.9. The fraction of sp³-hybridized carbons (Fsp3) is 0.538. The molecule has 4 bridgehead atoms. The molecule has 4 fully saturated rings. The van der Waals surface area contributed by atoms with Crippen LogP contribution in [-0.2, 0) is 13.2 Å². The minimum Gasteiger partial charge on any atom is -0.489 e. The second-order valence-electron chi connectivity index (χ2n) is 9.87. The van der Waals surface area contributed by atoms with Gasteiger partial charge in [-0.05, 0) is 80.8 Å². The van der Waals surface area contributed by atoms with E-state index in [0.717, 1.165) is 40.6 Å². The van der Waals surface area contributed by atoms with E-state index in [0.29, 0.717) is 18.1 Å². The summed E-state index contributed by atoms with van der Waals surface area (Å²) in [4.78, 5) is 0. The molecule has 0 aliphatic heterocycles. The molecule has 0 radical (unpaired) electrons. The molecule has 6 rings (SSSR count). The third-order valence-corrected chi connectivity index (χ3v) is 8.29. The van der Waals surface area contributed by atoms with Gasteiger partial charge in [-0.3, -0.25) is 0 Å². The second kappa shape index (κ2) is 7.96. The number of halogens is 1. The van der Waals surface area contributed by atoms with E-state index >= 15 is 0 Å². The monoisotopic (exact) mass is 409 g/mol. The third-order valence-electron chi connectivity index (χ3n) is 7.92. The second-order valence-corrected chi connectivity index (χ2v) is 10.3. The Balaban J connectivity index is 1.24. The lowest BCUT2D eigenvalue weighted by molar-refractivity contribution is -0.0706. The van der Waals surface area contributed by atoms with Gasteiger partial charge in [0.1, 0.15) is 12.4 Å². The van der Waals surface area contributed by atoms with E-state index in [4.69, 9.17) is 16.3 Å². The average Bonchev–Trinajstić information content (AvgIpc) is 2.71. The van der Waals surface area contributed by atoms with E-state index in [2.05, 4.69) is 30.4 Å². The summed E-state index contributed by atoms with van der Waals surface area (Å²) < 4.78 is 6.16. The zero-order valence-corrected chi connectivity index (χ0v) is 18.1. The molecular formula is C26H32ClNO. The summed E-state index contributed by atoms with van der Waals surface area (Å²) in [7, 11) is 0. The van der Waals surface area contributed by atoms with Crippen LogP contribution in [-0.4, -0.2) is 6.04 Å². The molecule has 0 unspecified atom stereocenters. The van der Waals surface area contributed by atoms with Gasteiger partial charge in [-0.2, -0.15) is 0 Å². The van der Waals surface area contributed by atoms with Crippen LogP contribution in [0.15, 0.2) is 48.5 Å². The number of para-hydroxylation sites is 1. The van der Waals surface area contributed by atoms with Gasteiger partial charge in [-0.25, -0.2) is 0 Å². The first-order valence-corrected chi connectivity index (χ1v) is 11.7. The van der Waals surface area contributed by atoms with Gasteiger partial charge in [0.15, 0.2) is 0 Å². The van der Waals surface area contributed by atoms with Crippen molar-refractivity contribution in [2.75, 3.05) is 0 Å². The normalized spacial score (nSPS) is 31.0. The van der Waals surface area contributed by atoms with E-state index in [1.165, 1.54) is 44.1 Å². The van der Waals surface area contributed by atoms with Crippen LogP contribution in [0, 0.1) is 23.2 Å². The summed E-state index contributed by atoms with van der Waals surface area (Å²) in [5, 5.41) is 4.66. The summed E-state index contributed by atoms with van der Waals surface area (Å²) >= 11 is 6.29. The Bertz CT molecular complexity index is 828. The maximum absolute atomic E-state index is 6.29. The van der Waals surface area contributed by atoms with Gasteiger partial charge in [-0.15, -0.1) is 0 Å². The molecule has 1 N–H and O–H groups in total. The van der Waals surface area contributed by atoms with E-state index < -0.39 is 0 Å². The molecule has 4 aliphatic carbocycles. The standard InChI is InChI=1S/C26H32ClNO/c1-18(26-13-19-10-20(14-26)12-21(11-19)15-26)28-16-22-6-3-5-9-25(22)29-17-23-7-2-4-8-24(23)27/h2-9,18-21,28H,10-17H2,1H3/t18-,19?,20?,21?,26?/m1/s1. The fourth-order valence-electron chi connectivity index (χ4n) is 6.75. The first-order chi connectivity index (χ1) is 14.1. The molecular weight excluding hydrogens is 378 g/mol. The van der Waals surface area contributed by atoms with Gasteiger partial charge in [-0.1, -0.05) is 48.0 Å². The van der Waals surface area contributed by atoms with Crippen molar-refractivity contribution in [3.63, 3.8) is 0 Å². The number of hydrogen-bond acceptors (Lipinski definition) is 2. The quantitative estimate of drug-likeness (QED) is 0.555. The highest BCUT2D eigenvalue weighted by atomic mass is 35.5. The molecule has 0 amide bonds. The number of rotatable bonds is 7. The van der Waals surface area contributed by atoms with E-state index in [-0.39, 0.29) is 0 Å². The summed E-state index contributed by atoms with van der Waals surface area (Å²) in [6.45, 7) is 3.79. The molecule has 0 spiro atoms. The third kappa shape index (κ3) is 3.94. The number of nitrogens with one attached hydrogen (secondary N) is 1. The molecule has 0 heterocycles. The summed E-state index contributed by atoms with van der Waals surface area (Å²) in [6.07, 6.45) is 8.84. The van der Waals surface area contributed by atoms with E-state index in [1.807, 2.05) is 30.3 Å². The molecule has 1 atom stereocenters. The van der Waals surface area contributed by atoms with Crippen LogP contribution < -0.4 is 10.1 Å². The smallest absolute Gasteiger partial charge is 0.124 e. The van der Waals surface area contributed by atoms with Crippen LogP contribution in [0.5, 0.6) is 5.75 Å². The minimum atomic E-state index is 0.501. The van der Waals surface area contributed by atoms with E-state index in [1.54, 1.807) is 0 Å². The number of hydrogen-bond donors (Lipinski definition) is 1. The van der Waals surface area contributed by atoms with Crippen molar-refractivity contribution >= 4 is 11.6 Å². The zero-order chi connectivity index (χ0) is 19.8. The van der Waals surface area contributed by atoms with Gasteiger partial charge in [0.05, 0.1) is 0 Å². The SMILES string of the molecule is C[C@@H](NCc1ccccc1OCc1ccccc1Cl)C12CC3CC(CC(C3)C1)C2. The highest BCUT2D eigenvalue weighted by molar-refractivity contribution is 6.31. The van der Waals surface area contributed by atoms with Crippen LogP contribution >= 0.6 is 11.6 Å². The minimum absolute atomic E-state index is 0.501. The van der Waals surface area contributed by atoms with Crippen molar-refractivity contribution in [3.8, 4) is 5.75 Å². The molecule has 29 heavy (non-hydrogen) atoms. The Morgan fingerprint density at radius 3 is 2.17 bits per heavy atom. The Hall–Kier alpha value is -1.51. The molecule has 2 nitrogen and oxygen atoms in total. The Kier molecular flexibility index (Phi) is 5.34. The molecule has 2 aromatic rings. The molecule has 0 saturated heterocycles. The number of ether oxygens (including phenoxy) is 1. The predicted molar refractivity (Wildman–Crippen MR) is 119 cm³/mol.